The fraction of sp³-hybridized carbons (Fsp3) is 0.615. The smallest absolute Gasteiger partial charge is 0.407 e. The molecular formula is C26H42N2O7. The van der Waals surface area contributed by atoms with Crippen molar-refractivity contribution in [3.8, 4) is 23.0 Å². The fourth-order valence-corrected chi connectivity index (χ4v) is 3.52. The third kappa shape index (κ3) is 9.22. The van der Waals surface area contributed by atoms with Crippen molar-refractivity contribution >= 4 is 18.1 Å². The van der Waals surface area contributed by atoms with Gasteiger partial charge in [0.05, 0.1) is 28.4 Å². The van der Waals surface area contributed by atoms with Crippen LogP contribution in [-0.4, -0.2) is 59.1 Å². The van der Waals surface area contributed by atoms with E-state index in [1.807, 2.05) is 27.7 Å². The molecule has 0 aliphatic carbocycles. The number of ether oxygens (including phenoxy) is 5. The first-order valence-corrected chi connectivity index (χ1v) is 11.8. The number of benzene rings is 1. The largest absolute Gasteiger partial charge is 0.492 e. The minimum absolute atomic E-state index is 0.160. The van der Waals surface area contributed by atoms with E-state index in [1.165, 1.54) is 14.2 Å². The Hall–Kier alpha value is -3.10. The third-order valence-corrected chi connectivity index (χ3v) is 5.20. The van der Waals surface area contributed by atoms with Gasteiger partial charge in [-0.05, 0) is 53.5 Å². The number of unbranched alkanes of at least 4 members (excludes halogenated alkanes) is 3. The zero-order valence-electron chi connectivity index (χ0n) is 22.7. The number of carbonyl (C=O) groups is 2. The molecule has 0 bridgehead atoms. The molecule has 35 heavy (non-hydrogen) atoms. The van der Waals surface area contributed by atoms with Crippen LogP contribution in [0.25, 0.3) is 6.08 Å². The number of hydrogen-bond acceptors (Lipinski definition) is 7. The molecule has 198 valence electrons. The van der Waals surface area contributed by atoms with Crippen molar-refractivity contribution < 1.29 is 33.3 Å². The number of methoxy groups -OCH3 is 4. The highest BCUT2D eigenvalue weighted by atomic mass is 16.6. The predicted octanol–water partition coefficient (Wildman–Crippen LogP) is 4.63. The summed E-state index contributed by atoms with van der Waals surface area (Å²) in [6.45, 7) is 10.3. The maximum atomic E-state index is 12.6. The summed E-state index contributed by atoms with van der Waals surface area (Å²) in [5.41, 5.74) is 1.49. The first-order valence-electron chi connectivity index (χ1n) is 11.8. The molecule has 2 N–H and O–H groups in total. The quantitative estimate of drug-likeness (QED) is 0.304. The van der Waals surface area contributed by atoms with Gasteiger partial charge in [-0.1, -0.05) is 12.8 Å². The van der Waals surface area contributed by atoms with E-state index in [9.17, 15) is 9.59 Å². The lowest BCUT2D eigenvalue weighted by molar-refractivity contribution is -0.117. The molecule has 1 aromatic carbocycles. The minimum Gasteiger partial charge on any atom is -0.492 e. The summed E-state index contributed by atoms with van der Waals surface area (Å²) in [5, 5.41) is 5.70. The van der Waals surface area contributed by atoms with Crippen LogP contribution in [-0.2, 0) is 9.53 Å². The Morgan fingerprint density at radius 3 is 1.74 bits per heavy atom. The molecule has 0 aliphatic rings. The van der Waals surface area contributed by atoms with E-state index in [1.54, 1.807) is 27.2 Å². The Balaban J connectivity index is 2.63. The Kier molecular flexibility index (Phi) is 12.3. The molecular weight excluding hydrogens is 452 g/mol. The van der Waals surface area contributed by atoms with Gasteiger partial charge >= 0.3 is 6.09 Å². The van der Waals surface area contributed by atoms with E-state index in [-0.39, 0.29) is 5.91 Å². The van der Waals surface area contributed by atoms with E-state index in [2.05, 4.69) is 10.6 Å². The molecule has 1 rings (SSSR count). The summed E-state index contributed by atoms with van der Waals surface area (Å²) in [5.74, 6) is 1.66. The first kappa shape index (κ1) is 29.9. The van der Waals surface area contributed by atoms with Gasteiger partial charge in [-0.25, -0.2) is 4.79 Å². The van der Waals surface area contributed by atoms with Gasteiger partial charge in [0.25, 0.3) is 0 Å². The highest BCUT2D eigenvalue weighted by Crippen LogP contribution is 2.49. The van der Waals surface area contributed by atoms with Gasteiger partial charge in [0.1, 0.15) is 5.60 Å². The highest BCUT2D eigenvalue weighted by molar-refractivity contribution is 5.98. The lowest BCUT2D eigenvalue weighted by Crippen LogP contribution is -2.33. The van der Waals surface area contributed by atoms with Gasteiger partial charge in [0.2, 0.25) is 17.4 Å². The summed E-state index contributed by atoms with van der Waals surface area (Å²) < 4.78 is 27.3. The molecule has 0 atom stereocenters. The van der Waals surface area contributed by atoms with Crippen molar-refractivity contribution in [2.75, 3.05) is 41.5 Å². The number of amides is 2. The van der Waals surface area contributed by atoms with Gasteiger partial charge in [0.15, 0.2) is 11.5 Å². The molecule has 0 heterocycles. The molecule has 1 aromatic rings. The number of nitrogens with one attached hydrogen (secondary N) is 2. The van der Waals surface area contributed by atoms with Crippen molar-refractivity contribution in [1.29, 1.82) is 0 Å². The molecule has 2 amide bonds. The normalized spacial score (nSPS) is 11.5. The Labute approximate surface area is 209 Å². The summed E-state index contributed by atoms with van der Waals surface area (Å²) in [6, 6.07) is 0. The SMILES string of the molecule is COc1c(C)c(C=C(C)C(=O)NCCCCCCNC(=O)OC(C)(C)C)c(OC)c(OC)c1OC. The summed E-state index contributed by atoms with van der Waals surface area (Å²) in [7, 11) is 6.15. The van der Waals surface area contributed by atoms with Crippen LogP contribution < -0.4 is 29.6 Å². The second-order valence-corrected chi connectivity index (χ2v) is 9.10. The molecule has 9 nitrogen and oxygen atoms in total. The van der Waals surface area contributed by atoms with E-state index >= 15 is 0 Å². The van der Waals surface area contributed by atoms with Crippen LogP contribution in [0.3, 0.4) is 0 Å². The number of rotatable bonds is 13. The van der Waals surface area contributed by atoms with Crippen LogP contribution in [0.2, 0.25) is 0 Å². The van der Waals surface area contributed by atoms with E-state index in [0.717, 1.165) is 31.2 Å². The molecule has 0 fully saturated rings. The van der Waals surface area contributed by atoms with Crippen molar-refractivity contribution in [2.24, 2.45) is 0 Å². The van der Waals surface area contributed by atoms with Gasteiger partial charge in [0, 0.05) is 29.8 Å². The average Bonchev–Trinajstić information content (AvgIpc) is 2.79. The van der Waals surface area contributed by atoms with E-state index in [0.29, 0.717) is 47.2 Å². The average molecular weight is 495 g/mol. The third-order valence-electron chi connectivity index (χ3n) is 5.20. The molecule has 9 heteroatoms. The second-order valence-electron chi connectivity index (χ2n) is 9.10. The maximum Gasteiger partial charge on any atom is 0.407 e. The molecule has 0 spiro atoms. The summed E-state index contributed by atoms with van der Waals surface area (Å²) in [6.07, 6.45) is 4.95. The van der Waals surface area contributed by atoms with Gasteiger partial charge in [-0.2, -0.15) is 0 Å². The summed E-state index contributed by atoms with van der Waals surface area (Å²) >= 11 is 0. The lowest BCUT2D eigenvalue weighted by Gasteiger charge is -2.20. The second kappa shape index (κ2) is 14.3. The van der Waals surface area contributed by atoms with Crippen LogP contribution in [0.1, 0.15) is 64.5 Å². The zero-order chi connectivity index (χ0) is 26.6. The fourth-order valence-electron chi connectivity index (χ4n) is 3.52. The molecule has 0 aliphatic heterocycles. The number of hydrogen-bond donors (Lipinski definition) is 2. The molecule has 0 saturated carbocycles. The molecule has 0 aromatic heterocycles. The van der Waals surface area contributed by atoms with Gasteiger partial charge in [-0.15, -0.1) is 0 Å². The van der Waals surface area contributed by atoms with Crippen LogP contribution in [0.4, 0.5) is 4.79 Å². The number of alkyl carbamates (subject to hydrolysis) is 1. The molecule has 0 unspecified atom stereocenters. The monoisotopic (exact) mass is 494 g/mol. The van der Waals surface area contributed by atoms with E-state index < -0.39 is 11.7 Å². The Bertz CT molecular complexity index is 889. The van der Waals surface area contributed by atoms with Crippen LogP contribution in [0.15, 0.2) is 5.57 Å². The minimum atomic E-state index is -0.496. The maximum absolute atomic E-state index is 12.6. The predicted molar refractivity (Wildman–Crippen MR) is 137 cm³/mol. The van der Waals surface area contributed by atoms with Crippen LogP contribution in [0.5, 0.6) is 23.0 Å². The Morgan fingerprint density at radius 1 is 0.771 bits per heavy atom. The molecule has 0 saturated heterocycles. The topological polar surface area (TPSA) is 104 Å². The lowest BCUT2D eigenvalue weighted by atomic mass is 10.0. The number of carbonyl (C=O) groups excluding carboxylic acids is 2. The molecule has 0 radical (unpaired) electrons. The standard InChI is InChI=1S/C26H42N2O7/c1-17(16-19-18(2)20(31-6)22(33-8)23(34-9)21(19)32-7)24(29)27-14-12-10-11-13-15-28-25(30)35-26(3,4)5/h16H,10-15H2,1-9H3,(H,27,29)(H,28,30). The first-order chi connectivity index (χ1) is 16.5. The van der Waals surface area contributed by atoms with Crippen molar-refractivity contribution in [3.05, 3.63) is 16.7 Å². The summed E-state index contributed by atoms with van der Waals surface area (Å²) in [4.78, 5) is 24.3. The van der Waals surface area contributed by atoms with Crippen LogP contribution >= 0.6 is 0 Å². The van der Waals surface area contributed by atoms with E-state index in [4.69, 9.17) is 23.7 Å². The van der Waals surface area contributed by atoms with Crippen LogP contribution in [0, 0.1) is 6.92 Å². The van der Waals surface area contributed by atoms with Gasteiger partial charge in [-0.3, -0.25) is 4.79 Å². The highest BCUT2D eigenvalue weighted by Gasteiger charge is 2.25. The van der Waals surface area contributed by atoms with Crippen molar-refractivity contribution in [2.45, 2.75) is 65.9 Å². The van der Waals surface area contributed by atoms with Crippen molar-refractivity contribution in [3.63, 3.8) is 0 Å². The van der Waals surface area contributed by atoms with Crippen molar-refractivity contribution in [1.82, 2.24) is 10.6 Å². The Morgan fingerprint density at radius 2 is 1.26 bits per heavy atom. The van der Waals surface area contributed by atoms with Gasteiger partial charge < -0.3 is 34.3 Å². The zero-order valence-corrected chi connectivity index (χ0v) is 22.7.